The van der Waals surface area contributed by atoms with Gasteiger partial charge in [0.15, 0.2) is 22.5 Å². The van der Waals surface area contributed by atoms with Gasteiger partial charge in [-0.05, 0) is 35.9 Å². The summed E-state index contributed by atoms with van der Waals surface area (Å²) in [5.41, 5.74) is 0.176. The van der Waals surface area contributed by atoms with E-state index in [1.807, 2.05) is 0 Å². The number of amides is 1. The first-order valence-electron chi connectivity index (χ1n) is 10.5. The van der Waals surface area contributed by atoms with Gasteiger partial charge in [0.1, 0.15) is 11.5 Å². The zero-order valence-electron chi connectivity index (χ0n) is 18.6. The van der Waals surface area contributed by atoms with Crippen molar-refractivity contribution in [2.75, 3.05) is 12.0 Å². The molecule has 188 valence electrons. The number of halogens is 4. The third-order valence-electron chi connectivity index (χ3n) is 5.75. The highest BCUT2D eigenvalue weighted by Crippen LogP contribution is 2.45. The maximum absolute atomic E-state index is 13.8. The van der Waals surface area contributed by atoms with E-state index in [2.05, 4.69) is 4.98 Å². The molecule has 1 atom stereocenters. The number of hydrogen-bond donors (Lipinski definition) is 2. The predicted molar refractivity (Wildman–Crippen MR) is 135 cm³/mol. The molecule has 1 aliphatic rings. The Balaban J connectivity index is 1.74. The molecule has 1 saturated heterocycles. The molecule has 0 bridgehead atoms. The van der Waals surface area contributed by atoms with Gasteiger partial charge in [0.2, 0.25) is 0 Å². The van der Waals surface area contributed by atoms with Crippen LogP contribution in [0.4, 0.5) is 13.9 Å². The summed E-state index contributed by atoms with van der Waals surface area (Å²) in [5.74, 6) is -4.74. The summed E-state index contributed by atoms with van der Waals surface area (Å²) in [6.07, 6.45) is 0. The van der Waals surface area contributed by atoms with E-state index >= 15 is 0 Å². The van der Waals surface area contributed by atoms with Crippen molar-refractivity contribution >= 4 is 67.3 Å². The van der Waals surface area contributed by atoms with Gasteiger partial charge in [0.25, 0.3) is 5.78 Å². The van der Waals surface area contributed by atoms with E-state index in [1.54, 1.807) is 0 Å². The van der Waals surface area contributed by atoms with E-state index in [4.69, 9.17) is 27.9 Å². The molecule has 1 amide bonds. The molecule has 1 aliphatic heterocycles. The molecule has 4 aromatic rings. The van der Waals surface area contributed by atoms with Gasteiger partial charge in [0, 0.05) is 11.6 Å². The summed E-state index contributed by atoms with van der Waals surface area (Å²) in [5, 5.41) is 21.1. The number of methoxy groups -OCH3 is 1. The van der Waals surface area contributed by atoms with E-state index in [-0.39, 0.29) is 48.0 Å². The molecule has 1 fully saturated rings. The van der Waals surface area contributed by atoms with Gasteiger partial charge < -0.3 is 14.9 Å². The molecule has 0 aliphatic carbocycles. The Morgan fingerprint density at radius 2 is 1.68 bits per heavy atom. The first-order chi connectivity index (χ1) is 17.6. The van der Waals surface area contributed by atoms with Crippen LogP contribution >= 0.6 is 34.5 Å². The summed E-state index contributed by atoms with van der Waals surface area (Å²) in [4.78, 5) is 31.8. The molecule has 0 radical (unpaired) electrons. The predicted octanol–water partition coefficient (Wildman–Crippen LogP) is 6.22. The number of Topliss-reactive ketones (excluding diaryl/α,β-unsaturated/α-hetero) is 1. The van der Waals surface area contributed by atoms with Crippen LogP contribution in [0.5, 0.6) is 11.5 Å². The molecule has 12 heteroatoms. The summed E-state index contributed by atoms with van der Waals surface area (Å²) >= 11 is 13.3. The number of aliphatic hydroxyl groups is 1. The fraction of sp³-hybridized carbons (Fsp3) is 0.0800. The summed E-state index contributed by atoms with van der Waals surface area (Å²) in [6, 6.07) is 8.91. The van der Waals surface area contributed by atoms with Crippen LogP contribution in [0.15, 0.2) is 54.1 Å². The van der Waals surface area contributed by atoms with Crippen LogP contribution < -0.4 is 9.64 Å². The Kier molecular flexibility index (Phi) is 6.26. The maximum Gasteiger partial charge on any atom is 0.301 e. The standard InChI is InChI=1S/C25H14Cl2F2N2O5S/c1-36-23-13(26)6-11(7-14(23)27)21(33)19-20(10-2-4-12(32)5-3-10)31(24(35)22(19)34)25-30-17-8-15(28)16(29)9-18(17)37-25/h2-9,20,32-33H,1H3/b21-19+. The SMILES string of the molecule is COc1c(Cl)cc(/C(O)=C2\C(=O)C(=O)N(c3nc4cc(F)c(F)cc4s3)C2c2ccc(O)cc2)cc1Cl. The molecule has 0 spiro atoms. The van der Waals surface area contributed by atoms with Gasteiger partial charge in [-0.2, -0.15) is 0 Å². The zero-order chi connectivity index (χ0) is 26.6. The van der Waals surface area contributed by atoms with Crippen LogP contribution in [-0.4, -0.2) is 34.0 Å². The normalized spacial score (nSPS) is 17.1. The highest BCUT2D eigenvalue weighted by Gasteiger charge is 2.48. The summed E-state index contributed by atoms with van der Waals surface area (Å²) < 4.78 is 33.0. The largest absolute Gasteiger partial charge is 0.508 e. The molecular weight excluding hydrogens is 549 g/mol. The minimum atomic E-state index is -1.20. The van der Waals surface area contributed by atoms with Crippen LogP contribution in [0.2, 0.25) is 10.0 Å². The first-order valence-corrected chi connectivity index (χ1v) is 12.1. The number of anilines is 1. The third kappa shape index (κ3) is 4.16. The van der Waals surface area contributed by atoms with Crippen LogP contribution in [0.1, 0.15) is 17.2 Å². The van der Waals surface area contributed by atoms with E-state index in [9.17, 15) is 28.6 Å². The van der Waals surface area contributed by atoms with Crippen LogP contribution in [0.3, 0.4) is 0 Å². The van der Waals surface area contributed by atoms with E-state index in [1.165, 1.54) is 43.5 Å². The number of aromatic hydroxyl groups is 1. The van der Waals surface area contributed by atoms with Crippen LogP contribution in [0, 0.1) is 11.6 Å². The number of carbonyl (C=O) groups excluding carboxylic acids is 2. The van der Waals surface area contributed by atoms with Gasteiger partial charge in [-0.25, -0.2) is 13.8 Å². The Hall–Kier alpha value is -3.73. The second-order valence-corrected chi connectivity index (χ2v) is 9.79. The minimum Gasteiger partial charge on any atom is -0.508 e. The lowest BCUT2D eigenvalue weighted by Gasteiger charge is -2.23. The van der Waals surface area contributed by atoms with Gasteiger partial charge in [0.05, 0.1) is 39.0 Å². The average molecular weight is 563 g/mol. The number of ether oxygens (including phenoxy) is 1. The number of nitrogens with zero attached hydrogens (tertiary/aromatic N) is 2. The lowest BCUT2D eigenvalue weighted by molar-refractivity contribution is -0.132. The molecule has 7 nitrogen and oxygen atoms in total. The maximum atomic E-state index is 13.8. The second kappa shape index (κ2) is 9.29. The third-order valence-corrected chi connectivity index (χ3v) is 7.33. The van der Waals surface area contributed by atoms with Crippen LogP contribution in [0.25, 0.3) is 16.0 Å². The van der Waals surface area contributed by atoms with Gasteiger partial charge in [-0.1, -0.05) is 46.7 Å². The number of carbonyl (C=O) groups is 2. The van der Waals surface area contributed by atoms with Gasteiger partial charge in [-0.15, -0.1) is 0 Å². The van der Waals surface area contributed by atoms with Crippen molar-refractivity contribution < 1.29 is 33.3 Å². The van der Waals surface area contributed by atoms with E-state index in [0.29, 0.717) is 5.56 Å². The molecular formula is C25H14Cl2F2N2O5S. The highest BCUT2D eigenvalue weighted by atomic mass is 35.5. The number of phenols is 1. The number of fused-ring (bicyclic) bond motifs is 1. The Labute approximate surface area is 221 Å². The van der Waals surface area contributed by atoms with Gasteiger partial charge >= 0.3 is 5.91 Å². The zero-order valence-corrected chi connectivity index (χ0v) is 21.0. The lowest BCUT2D eigenvalue weighted by Crippen LogP contribution is -2.29. The van der Waals surface area contributed by atoms with Crippen molar-refractivity contribution in [2.24, 2.45) is 0 Å². The minimum absolute atomic E-state index is 0.0231. The monoisotopic (exact) mass is 562 g/mol. The topological polar surface area (TPSA) is 100.0 Å². The highest BCUT2D eigenvalue weighted by molar-refractivity contribution is 7.22. The summed E-state index contributed by atoms with van der Waals surface area (Å²) in [7, 11) is 1.36. The Morgan fingerprint density at radius 1 is 1.05 bits per heavy atom. The Bertz CT molecular complexity index is 1580. The molecule has 2 N–H and O–H groups in total. The van der Waals surface area contributed by atoms with Crippen molar-refractivity contribution in [3.63, 3.8) is 0 Å². The van der Waals surface area contributed by atoms with Crippen molar-refractivity contribution in [3.8, 4) is 11.5 Å². The molecule has 3 aromatic carbocycles. The molecule has 1 unspecified atom stereocenters. The van der Waals surface area contributed by atoms with E-state index in [0.717, 1.165) is 28.4 Å². The smallest absolute Gasteiger partial charge is 0.301 e. The van der Waals surface area contributed by atoms with Gasteiger partial charge in [-0.3, -0.25) is 14.5 Å². The number of aromatic nitrogens is 1. The number of phenolic OH excluding ortho intramolecular Hbond substituents is 1. The molecule has 0 saturated carbocycles. The van der Waals surface area contributed by atoms with E-state index < -0.39 is 35.1 Å². The van der Waals surface area contributed by atoms with Crippen molar-refractivity contribution in [1.29, 1.82) is 0 Å². The lowest BCUT2D eigenvalue weighted by atomic mass is 9.95. The quantitative estimate of drug-likeness (QED) is 0.174. The number of ketones is 1. The molecule has 5 rings (SSSR count). The number of hydrogen-bond acceptors (Lipinski definition) is 7. The molecule has 2 heterocycles. The Morgan fingerprint density at radius 3 is 2.30 bits per heavy atom. The van der Waals surface area contributed by atoms with Crippen molar-refractivity contribution in [1.82, 2.24) is 4.98 Å². The second-order valence-electron chi connectivity index (χ2n) is 7.96. The fourth-order valence-electron chi connectivity index (χ4n) is 4.06. The number of benzene rings is 3. The fourth-order valence-corrected chi connectivity index (χ4v) is 5.70. The number of rotatable bonds is 4. The van der Waals surface area contributed by atoms with Crippen LogP contribution in [-0.2, 0) is 9.59 Å². The number of thiazole rings is 1. The number of aliphatic hydroxyl groups excluding tert-OH is 1. The van der Waals surface area contributed by atoms with Crippen molar-refractivity contribution in [3.05, 3.63) is 86.9 Å². The summed E-state index contributed by atoms with van der Waals surface area (Å²) in [6.45, 7) is 0. The molecule has 37 heavy (non-hydrogen) atoms. The molecule has 1 aromatic heterocycles. The van der Waals surface area contributed by atoms with Crippen molar-refractivity contribution in [2.45, 2.75) is 6.04 Å². The average Bonchev–Trinajstić information content (AvgIpc) is 3.36. The first kappa shape index (κ1) is 24.9.